The van der Waals surface area contributed by atoms with E-state index in [9.17, 15) is 8.78 Å². The van der Waals surface area contributed by atoms with Crippen LogP contribution in [0.2, 0.25) is 0 Å². The zero-order valence-electron chi connectivity index (χ0n) is 6.07. The van der Waals surface area contributed by atoms with Crippen molar-refractivity contribution < 1.29 is 8.78 Å². The van der Waals surface area contributed by atoms with Gasteiger partial charge in [0, 0.05) is 0 Å². The molecule has 1 nitrogen and oxygen atoms in total. The quantitative estimate of drug-likeness (QED) is 0.606. The molecule has 0 aliphatic rings. The lowest BCUT2D eigenvalue weighted by Crippen LogP contribution is -2.22. The Morgan fingerprint density at radius 1 is 1.50 bits per heavy atom. The molecule has 0 saturated carbocycles. The minimum absolute atomic E-state index is 0.172. The van der Waals surface area contributed by atoms with Crippen LogP contribution in [-0.4, -0.2) is 31.5 Å². The number of hydrogen-bond acceptors (Lipinski definition) is 2. The molecule has 0 heterocycles. The van der Waals surface area contributed by atoms with E-state index in [2.05, 4.69) is 5.32 Å². The van der Waals surface area contributed by atoms with Crippen molar-refractivity contribution in [2.24, 2.45) is 0 Å². The summed E-state index contributed by atoms with van der Waals surface area (Å²) in [5, 5.41) is 2.66. The number of rotatable bonds is 6. The lowest BCUT2D eigenvalue weighted by molar-refractivity contribution is 0.146. The molecule has 62 valence electrons. The van der Waals surface area contributed by atoms with E-state index in [1.807, 2.05) is 6.26 Å². The topological polar surface area (TPSA) is 12.0 Å². The Balaban J connectivity index is 2.77. The van der Waals surface area contributed by atoms with Crippen molar-refractivity contribution in [2.45, 2.75) is 12.8 Å². The molecule has 0 spiro atoms. The Morgan fingerprint density at radius 2 is 2.20 bits per heavy atom. The number of thioether (sulfide) groups is 1. The maximum Gasteiger partial charge on any atom is 0.250 e. The second-order valence-electron chi connectivity index (χ2n) is 1.94. The van der Waals surface area contributed by atoms with E-state index in [4.69, 9.17) is 0 Å². The van der Waals surface area contributed by atoms with Crippen molar-refractivity contribution in [1.82, 2.24) is 5.32 Å². The molecule has 0 bridgehead atoms. The molecule has 0 radical (unpaired) electrons. The summed E-state index contributed by atoms with van der Waals surface area (Å²) in [4.78, 5) is 0. The van der Waals surface area contributed by atoms with Gasteiger partial charge in [-0.3, -0.25) is 0 Å². The maximum absolute atomic E-state index is 11.5. The van der Waals surface area contributed by atoms with E-state index in [0.717, 1.165) is 12.2 Å². The van der Waals surface area contributed by atoms with Crippen molar-refractivity contribution in [3.63, 3.8) is 0 Å². The van der Waals surface area contributed by atoms with E-state index in [0.29, 0.717) is 6.54 Å². The van der Waals surface area contributed by atoms with Gasteiger partial charge in [0.05, 0.1) is 6.54 Å². The summed E-state index contributed by atoms with van der Waals surface area (Å²) >= 11 is 1.73. The highest BCUT2D eigenvalue weighted by atomic mass is 32.2. The second-order valence-corrected chi connectivity index (χ2v) is 2.93. The van der Waals surface area contributed by atoms with Crippen LogP contribution in [0.25, 0.3) is 0 Å². The summed E-state index contributed by atoms with van der Waals surface area (Å²) in [6.07, 6.45) is 0.760. The SMILES string of the molecule is CSCCCNCC(F)F. The van der Waals surface area contributed by atoms with E-state index in [1.54, 1.807) is 11.8 Å². The third-order valence-corrected chi connectivity index (χ3v) is 1.70. The summed E-state index contributed by atoms with van der Waals surface area (Å²) in [5.41, 5.74) is 0. The van der Waals surface area contributed by atoms with Gasteiger partial charge in [0.2, 0.25) is 0 Å². The fourth-order valence-electron chi connectivity index (χ4n) is 0.553. The molecule has 0 aromatic carbocycles. The summed E-state index contributed by atoms with van der Waals surface area (Å²) < 4.78 is 23.0. The van der Waals surface area contributed by atoms with Crippen molar-refractivity contribution in [3.05, 3.63) is 0 Å². The zero-order chi connectivity index (χ0) is 7.82. The van der Waals surface area contributed by atoms with Gasteiger partial charge in [-0.1, -0.05) is 0 Å². The van der Waals surface area contributed by atoms with Gasteiger partial charge < -0.3 is 5.32 Å². The number of alkyl halides is 2. The Labute approximate surface area is 64.6 Å². The van der Waals surface area contributed by atoms with Crippen molar-refractivity contribution in [3.8, 4) is 0 Å². The average Bonchev–Trinajstić information content (AvgIpc) is 1.87. The van der Waals surface area contributed by atoms with Crippen LogP contribution in [0.15, 0.2) is 0 Å². The molecule has 0 fully saturated rings. The van der Waals surface area contributed by atoms with Crippen LogP contribution in [0.3, 0.4) is 0 Å². The van der Waals surface area contributed by atoms with Crippen LogP contribution in [0, 0.1) is 0 Å². The largest absolute Gasteiger partial charge is 0.311 e. The first-order valence-electron chi connectivity index (χ1n) is 3.25. The van der Waals surface area contributed by atoms with Crippen LogP contribution < -0.4 is 5.32 Å². The lowest BCUT2D eigenvalue weighted by Gasteiger charge is -2.01. The highest BCUT2D eigenvalue weighted by Crippen LogP contribution is 1.94. The third-order valence-electron chi connectivity index (χ3n) is 1.00. The van der Waals surface area contributed by atoms with E-state index < -0.39 is 6.43 Å². The molecule has 1 N–H and O–H groups in total. The maximum atomic E-state index is 11.5. The van der Waals surface area contributed by atoms with E-state index in [-0.39, 0.29) is 6.54 Å². The van der Waals surface area contributed by atoms with E-state index >= 15 is 0 Å². The predicted octanol–water partition coefficient (Wildman–Crippen LogP) is 1.59. The lowest BCUT2D eigenvalue weighted by atomic mass is 10.5. The molecule has 0 saturated heterocycles. The molecule has 0 unspecified atom stereocenters. The Bertz CT molecular complexity index is 70.8. The van der Waals surface area contributed by atoms with Crippen molar-refractivity contribution in [2.75, 3.05) is 25.1 Å². The van der Waals surface area contributed by atoms with Gasteiger partial charge in [0.25, 0.3) is 6.43 Å². The molecule has 4 heteroatoms. The first kappa shape index (κ1) is 10.2. The van der Waals surface area contributed by atoms with Gasteiger partial charge in [0.15, 0.2) is 0 Å². The number of nitrogens with one attached hydrogen (secondary N) is 1. The van der Waals surface area contributed by atoms with Crippen LogP contribution in [0.5, 0.6) is 0 Å². The minimum Gasteiger partial charge on any atom is -0.311 e. The summed E-state index contributed by atoms with van der Waals surface area (Å²) in [6.45, 7) is 0.527. The standard InChI is InChI=1S/C6H13F2NS/c1-10-4-2-3-9-5-6(7)8/h6,9H,2-5H2,1H3. The molecule has 0 rings (SSSR count). The highest BCUT2D eigenvalue weighted by molar-refractivity contribution is 7.98. The minimum atomic E-state index is -2.21. The average molecular weight is 169 g/mol. The van der Waals surface area contributed by atoms with Crippen molar-refractivity contribution in [1.29, 1.82) is 0 Å². The fourth-order valence-corrected chi connectivity index (χ4v) is 0.986. The van der Waals surface area contributed by atoms with Crippen LogP contribution in [0.4, 0.5) is 8.78 Å². The first-order chi connectivity index (χ1) is 4.77. The number of hydrogen-bond donors (Lipinski definition) is 1. The molecule has 0 aliphatic heterocycles. The molecule has 0 aromatic rings. The van der Waals surface area contributed by atoms with Gasteiger partial charge in [-0.05, 0) is 25.0 Å². The smallest absolute Gasteiger partial charge is 0.250 e. The van der Waals surface area contributed by atoms with Crippen LogP contribution in [-0.2, 0) is 0 Å². The highest BCUT2D eigenvalue weighted by Gasteiger charge is 1.98. The molecule has 0 atom stereocenters. The fraction of sp³-hybridized carbons (Fsp3) is 1.00. The summed E-state index contributed by atoms with van der Waals surface area (Å²) in [7, 11) is 0. The summed E-state index contributed by atoms with van der Waals surface area (Å²) in [6, 6.07) is 0. The van der Waals surface area contributed by atoms with Gasteiger partial charge in [0.1, 0.15) is 0 Å². The molecule has 10 heavy (non-hydrogen) atoms. The van der Waals surface area contributed by atoms with Gasteiger partial charge in [-0.25, -0.2) is 8.78 Å². The first-order valence-corrected chi connectivity index (χ1v) is 4.64. The molecular formula is C6H13F2NS. The van der Waals surface area contributed by atoms with Crippen LogP contribution >= 0.6 is 11.8 Å². The third kappa shape index (κ3) is 8.17. The van der Waals surface area contributed by atoms with Crippen molar-refractivity contribution >= 4 is 11.8 Å². The Morgan fingerprint density at radius 3 is 2.70 bits per heavy atom. The van der Waals surface area contributed by atoms with Gasteiger partial charge in [-0.2, -0.15) is 11.8 Å². The molecule has 0 aliphatic carbocycles. The molecule has 0 amide bonds. The Kier molecular flexibility index (Phi) is 7.40. The summed E-state index contributed by atoms with van der Waals surface area (Å²) in [5.74, 6) is 1.04. The van der Waals surface area contributed by atoms with Crippen LogP contribution in [0.1, 0.15) is 6.42 Å². The zero-order valence-corrected chi connectivity index (χ0v) is 6.89. The van der Waals surface area contributed by atoms with Gasteiger partial charge in [-0.15, -0.1) is 0 Å². The second kappa shape index (κ2) is 7.28. The monoisotopic (exact) mass is 169 g/mol. The van der Waals surface area contributed by atoms with Gasteiger partial charge >= 0.3 is 0 Å². The molecule has 0 aromatic heterocycles. The van der Waals surface area contributed by atoms with E-state index in [1.165, 1.54) is 0 Å². The predicted molar refractivity (Wildman–Crippen MR) is 41.9 cm³/mol. The Hall–Kier alpha value is 0.170. The molecular weight excluding hydrogens is 156 g/mol. The normalized spacial score (nSPS) is 10.8. The number of halogens is 2.